The van der Waals surface area contributed by atoms with Crippen LogP contribution in [0.25, 0.3) is 10.9 Å². The molecule has 0 saturated carbocycles. The fraction of sp³-hybridized carbons (Fsp3) is 0.263. The lowest BCUT2D eigenvalue weighted by atomic mass is 10.1. The van der Waals surface area contributed by atoms with Gasteiger partial charge in [-0.05, 0) is 43.7 Å². The zero-order chi connectivity index (χ0) is 16.5. The van der Waals surface area contributed by atoms with Crippen LogP contribution in [0.5, 0.6) is 11.5 Å². The number of nitrogens with zero attached hydrogens (tertiary/aromatic N) is 2. The third-order valence-electron chi connectivity index (χ3n) is 4.21. The second kappa shape index (κ2) is 6.00. The van der Waals surface area contributed by atoms with Crippen molar-refractivity contribution >= 4 is 16.7 Å². The maximum Gasteiger partial charge on any atom is 0.161 e. The summed E-state index contributed by atoms with van der Waals surface area (Å²) in [6, 6.07) is 12.3. The second-order valence-corrected chi connectivity index (χ2v) is 6.01. The third-order valence-corrected chi connectivity index (χ3v) is 4.21. The summed E-state index contributed by atoms with van der Waals surface area (Å²) in [5.41, 5.74) is 3.25. The Labute approximate surface area is 140 Å². The van der Waals surface area contributed by atoms with Crippen LogP contribution in [0.15, 0.2) is 42.7 Å². The van der Waals surface area contributed by atoms with Crippen LogP contribution in [0.2, 0.25) is 0 Å². The topological polar surface area (TPSA) is 56.3 Å². The van der Waals surface area contributed by atoms with Gasteiger partial charge in [0.15, 0.2) is 11.5 Å². The van der Waals surface area contributed by atoms with Crippen molar-refractivity contribution in [3.05, 3.63) is 53.9 Å². The lowest BCUT2D eigenvalue weighted by Gasteiger charge is -2.21. The number of aromatic nitrogens is 2. The van der Waals surface area contributed by atoms with Crippen molar-refractivity contribution in [2.75, 3.05) is 18.5 Å². The molecule has 0 aliphatic carbocycles. The van der Waals surface area contributed by atoms with E-state index in [0.717, 1.165) is 33.8 Å². The molecule has 2 heterocycles. The summed E-state index contributed by atoms with van der Waals surface area (Å²) in [7, 11) is 0. The first-order valence-electron chi connectivity index (χ1n) is 8.08. The van der Waals surface area contributed by atoms with E-state index in [0.29, 0.717) is 13.2 Å². The van der Waals surface area contributed by atoms with Crippen LogP contribution in [-0.2, 0) is 0 Å². The molecule has 0 fully saturated rings. The van der Waals surface area contributed by atoms with Crippen molar-refractivity contribution in [3.8, 4) is 11.5 Å². The van der Waals surface area contributed by atoms with Crippen molar-refractivity contribution in [2.24, 2.45) is 0 Å². The summed E-state index contributed by atoms with van der Waals surface area (Å²) in [6.07, 6.45) is 1.59. The normalized spacial score (nSPS) is 14.4. The number of aryl methyl sites for hydroxylation is 1. The quantitative estimate of drug-likeness (QED) is 0.793. The van der Waals surface area contributed by atoms with Gasteiger partial charge < -0.3 is 14.8 Å². The fourth-order valence-corrected chi connectivity index (χ4v) is 2.90. The van der Waals surface area contributed by atoms with Crippen LogP contribution in [0.4, 0.5) is 5.82 Å². The molecule has 2 aromatic carbocycles. The predicted octanol–water partition coefficient (Wildman–Crippen LogP) is 3.88. The Balaban J connectivity index is 1.64. The molecule has 1 aliphatic heterocycles. The maximum atomic E-state index is 5.67. The molecule has 0 radical (unpaired) electrons. The van der Waals surface area contributed by atoms with E-state index in [4.69, 9.17) is 9.47 Å². The van der Waals surface area contributed by atoms with Crippen LogP contribution in [0, 0.1) is 6.92 Å². The van der Waals surface area contributed by atoms with Gasteiger partial charge >= 0.3 is 0 Å². The summed E-state index contributed by atoms with van der Waals surface area (Å²) in [5, 5.41) is 4.52. The number of rotatable bonds is 3. The van der Waals surface area contributed by atoms with Gasteiger partial charge in [-0.2, -0.15) is 0 Å². The lowest BCUT2D eigenvalue weighted by Crippen LogP contribution is -2.16. The van der Waals surface area contributed by atoms with Crippen LogP contribution in [-0.4, -0.2) is 23.2 Å². The first-order valence-corrected chi connectivity index (χ1v) is 8.08. The van der Waals surface area contributed by atoms with Crippen LogP contribution in [0.3, 0.4) is 0 Å². The summed E-state index contributed by atoms with van der Waals surface area (Å²) in [5.74, 6) is 2.45. The Hall–Kier alpha value is -2.82. The number of anilines is 1. The highest BCUT2D eigenvalue weighted by molar-refractivity contribution is 5.89. The van der Waals surface area contributed by atoms with Crippen LogP contribution < -0.4 is 14.8 Å². The molecule has 5 nitrogen and oxygen atoms in total. The van der Waals surface area contributed by atoms with Crippen LogP contribution in [0.1, 0.15) is 24.1 Å². The Morgan fingerprint density at radius 2 is 1.83 bits per heavy atom. The van der Waals surface area contributed by atoms with Gasteiger partial charge in [0.25, 0.3) is 0 Å². The number of nitrogens with one attached hydrogen (secondary N) is 1. The number of fused-ring (bicyclic) bond motifs is 2. The van der Waals surface area contributed by atoms with Crippen LogP contribution >= 0.6 is 0 Å². The van der Waals surface area contributed by atoms with Gasteiger partial charge in [-0.3, -0.25) is 0 Å². The van der Waals surface area contributed by atoms with Crippen molar-refractivity contribution in [3.63, 3.8) is 0 Å². The lowest BCUT2D eigenvalue weighted by molar-refractivity contribution is 0.171. The Kier molecular flexibility index (Phi) is 3.69. The molecule has 5 heteroatoms. The highest BCUT2D eigenvalue weighted by atomic mass is 16.6. The van der Waals surface area contributed by atoms with E-state index >= 15 is 0 Å². The number of hydrogen-bond donors (Lipinski definition) is 1. The third kappa shape index (κ3) is 2.73. The second-order valence-electron chi connectivity index (χ2n) is 6.01. The minimum atomic E-state index is 0.0828. The van der Waals surface area contributed by atoms with Gasteiger partial charge in [0.05, 0.1) is 11.6 Å². The molecule has 1 atom stereocenters. The Morgan fingerprint density at radius 3 is 2.71 bits per heavy atom. The Morgan fingerprint density at radius 1 is 1.00 bits per heavy atom. The number of benzene rings is 2. The molecule has 1 aliphatic rings. The molecule has 24 heavy (non-hydrogen) atoms. The van der Waals surface area contributed by atoms with Crippen molar-refractivity contribution in [1.82, 2.24) is 9.97 Å². The molecule has 122 valence electrons. The molecule has 0 bridgehead atoms. The molecular formula is C19H19N3O2. The molecule has 1 N–H and O–H groups in total. The van der Waals surface area contributed by atoms with E-state index in [-0.39, 0.29) is 6.04 Å². The van der Waals surface area contributed by atoms with Gasteiger partial charge in [0.1, 0.15) is 25.4 Å². The minimum absolute atomic E-state index is 0.0828. The molecular weight excluding hydrogens is 302 g/mol. The van der Waals surface area contributed by atoms with Gasteiger partial charge in [0.2, 0.25) is 0 Å². The van der Waals surface area contributed by atoms with E-state index in [1.807, 2.05) is 18.2 Å². The first-order chi connectivity index (χ1) is 11.7. The van der Waals surface area contributed by atoms with Gasteiger partial charge in [-0.1, -0.05) is 17.7 Å². The smallest absolute Gasteiger partial charge is 0.161 e. The van der Waals surface area contributed by atoms with E-state index < -0.39 is 0 Å². The number of ether oxygens (including phenoxy) is 2. The Bertz CT molecular complexity index is 895. The summed E-state index contributed by atoms with van der Waals surface area (Å²) < 4.78 is 11.3. The average molecular weight is 321 g/mol. The first kappa shape index (κ1) is 14.8. The zero-order valence-electron chi connectivity index (χ0n) is 13.7. The summed E-state index contributed by atoms with van der Waals surface area (Å²) in [4.78, 5) is 8.76. The van der Waals surface area contributed by atoms with E-state index in [2.05, 4.69) is 47.3 Å². The van der Waals surface area contributed by atoms with E-state index in [9.17, 15) is 0 Å². The minimum Gasteiger partial charge on any atom is -0.486 e. The molecule has 1 unspecified atom stereocenters. The van der Waals surface area contributed by atoms with Crippen molar-refractivity contribution in [1.29, 1.82) is 0 Å². The average Bonchev–Trinajstić information content (AvgIpc) is 2.62. The number of hydrogen-bond acceptors (Lipinski definition) is 5. The highest BCUT2D eigenvalue weighted by Crippen LogP contribution is 2.33. The summed E-state index contributed by atoms with van der Waals surface area (Å²) in [6.45, 7) is 5.37. The SMILES string of the molecule is Cc1ccc2ncnc(NC(C)c3ccc4c(c3)OCCO4)c2c1. The fourth-order valence-electron chi connectivity index (χ4n) is 2.90. The van der Waals surface area contributed by atoms with E-state index in [1.165, 1.54) is 5.56 Å². The standard InChI is InChI=1S/C19H19N3O2/c1-12-3-5-16-15(9-12)19(21-11-20-16)22-13(2)14-4-6-17-18(10-14)24-8-7-23-17/h3-6,9-11,13H,7-8H2,1-2H3,(H,20,21,22). The molecule has 1 aromatic heterocycles. The molecule has 0 spiro atoms. The van der Waals surface area contributed by atoms with E-state index in [1.54, 1.807) is 6.33 Å². The maximum absolute atomic E-state index is 5.67. The monoisotopic (exact) mass is 321 g/mol. The van der Waals surface area contributed by atoms with Gasteiger partial charge in [-0.15, -0.1) is 0 Å². The summed E-state index contributed by atoms with van der Waals surface area (Å²) >= 11 is 0. The predicted molar refractivity (Wildman–Crippen MR) is 93.7 cm³/mol. The molecule has 0 amide bonds. The molecule has 3 aromatic rings. The van der Waals surface area contributed by atoms with Crippen molar-refractivity contribution < 1.29 is 9.47 Å². The highest BCUT2D eigenvalue weighted by Gasteiger charge is 2.15. The molecule has 0 saturated heterocycles. The largest absolute Gasteiger partial charge is 0.486 e. The molecule has 4 rings (SSSR count). The van der Waals surface area contributed by atoms with Gasteiger partial charge in [-0.25, -0.2) is 9.97 Å². The van der Waals surface area contributed by atoms with Crippen molar-refractivity contribution in [2.45, 2.75) is 19.9 Å². The zero-order valence-corrected chi connectivity index (χ0v) is 13.7. The van der Waals surface area contributed by atoms with Gasteiger partial charge in [0, 0.05) is 5.39 Å².